The number of halogens is 1. The molecule has 9 heteroatoms. The average Bonchev–Trinajstić information content (AvgIpc) is 3.35. The molecule has 2 aliphatic heterocycles. The largest absolute Gasteiger partial charge is 0.390 e. The van der Waals surface area contributed by atoms with E-state index < -0.39 is 11.9 Å². The number of nitrogens with zero attached hydrogens (tertiary/aromatic N) is 5. The van der Waals surface area contributed by atoms with E-state index in [4.69, 9.17) is 4.74 Å². The van der Waals surface area contributed by atoms with Crippen molar-refractivity contribution in [2.45, 2.75) is 19.4 Å². The second-order valence-electron chi connectivity index (χ2n) is 8.38. The molecule has 0 bridgehead atoms. The van der Waals surface area contributed by atoms with E-state index in [1.807, 2.05) is 18.2 Å². The number of rotatable bonds is 6. The first-order valence-corrected chi connectivity index (χ1v) is 11.2. The summed E-state index contributed by atoms with van der Waals surface area (Å²) in [5, 5.41) is 13.3. The number of ether oxygens (including phenoxy) is 1. The summed E-state index contributed by atoms with van der Waals surface area (Å²) in [6.07, 6.45) is 3.60. The molecule has 3 aromatic rings. The Morgan fingerprint density at radius 3 is 2.76 bits per heavy atom. The van der Waals surface area contributed by atoms with Crippen molar-refractivity contribution in [2.24, 2.45) is 10.2 Å². The van der Waals surface area contributed by atoms with Gasteiger partial charge in [-0.05, 0) is 48.4 Å². The van der Waals surface area contributed by atoms with Gasteiger partial charge >= 0.3 is 0 Å². The number of benzene rings is 2. The van der Waals surface area contributed by atoms with Gasteiger partial charge < -0.3 is 14.7 Å². The molecule has 1 fully saturated rings. The number of nitroso groups, excluding NO2 is 1. The number of aliphatic imine (C=N–C) groups is 1. The second kappa shape index (κ2) is 9.36. The molecule has 0 radical (unpaired) electrons. The zero-order chi connectivity index (χ0) is 23.7. The highest BCUT2D eigenvalue weighted by atomic mass is 19.1. The molecule has 0 saturated carbocycles. The van der Waals surface area contributed by atoms with Crippen molar-refractivity contribution in [3.8, 4) is 11.3 Å². The molecule has 0 aliphatic carbocycles. The van der Waals surface area contributed by atoms with Crippen LogP contribution in [-0.4, -0.2) is 53.7 Å². The number of aliphatic hydroxyl groups is 1. The molecule has 1 unspecified atom stereocenters. The van der Waals surface area contributed by atoms with Gasteiger partial charge in [-0.15, -0.1) is 4.91 Å². The fraction of sp³-hybridized carbons (Fsp3) is 0.320. The van der Waals surface area contributed by atoms with E-state index in [0.29, 0.717) is 58.8 Å². The van der Waals surface area contributed by atoms with E-state index in [1.54, 1.807) is 19.1 Å². The molecule has 2 aromatic carbocycles. The quantitative estimate of drug-likeness (QED) is 0.555. The highest BCUT2D eigenvalue weighted by molar-refractivity contribution is 5.96. The third-order valence-electron chi connectivity index (χ3n) is 6.32. The number of morpholine rings is 1. The van der Waals surface area contributed by atoms with Gasteiger partial charge in [0.25, 0.3) is 0 Å². The topological polar surface area (TPSA) is 100 Å². The lowest BCUT2D eigenvalue weighted by molar-refractivity contribution is 0.122. The lowest BCUT2D eigenvalue weighted by atomic mass is 9.93. The van der Waals surface area contributed by atoms with Crippen molar-refractivity contribution >= 4 is 22.3 Å². The van der Waals surface area contributed by atoms with Crippen molar-refractivity contribution < 1.29 is 14.2 Å². The van der Waals surface area contributed by atoms with Crippen LogP contribution in [0.15, 0.2) is 58.6 Å². The van der Waals surface area contributed by atoms with Crippen LogP contribution >= 0.6 is 0 Å². The van der Waals surface area contributed by atoms with E-state index in [9.17, 15) is 10.0 Å². The smallest absolute Gasteiger partial charge is 0.155 e. The van der Waals surface area contributed by atoms with Crippen LogP contribution < -0.4 is 4.90 Å². The van der Waals surface area contributed by atoms with Crippen molar-refractivity contribution in [3.63, 3.8) is 0 Å². The maximum absolute atomic E-state index is 15.2. The van der Waals surface area contributed by atoms with Gasteiger partial charge in [0.1, 0.15) is 12.1 Å². The molecule has 0 amide bonds. The van der Waals surface area contributed by atoms with Crippen LogP contribution in [0.3, 0.4) is 0 Å². The Morgan fingerprint density at radius 2 is 2.03 bits per heavy atom. The number of allylic oxidation sites excluding steroid dienone is 1. The van der Waals surface area contributed by atoms with Gasteiger partial charge in [-0.1, -0.05) is 11.3 Å². The number of aromatic nitrogens is 2. The monoisotopic (exact) mass is 461 g/mol. The number of aryl methyl sites for hydroxylation is 1. The molecular weight excluding hydrogens is 437 g/mol. The predicted octanol–water partition coefficient (Wildman–Crippen LogP) is 4.11. The number of anilines is 1. The molecular formula is C25H24FN5O3. The first-order chi connectivity index (χ1) is 16.6. The number of hydrogen-bond acceptors (Lipinski definition) is 8. The summed E-state index contributed by atoms with van der Waals surface area (Å²) in [5.41, 5.74) is 4.65. The van der Waals surface area contributed by atoms with Gasteiger partial charge in [0.15, 0.2) is 6.04 Å². The standard InChI is InChI=1S/C25H24FN5O3/c1-15-10-21(26)20(12-19(15)25(30-33)22-5-2-16(13-32)29-22)24-18-4-3-17(11-23(18)27-14-28-24)31-6-8-34-9-7-31/h2-4,10-12,14,25,32H,5-9,13H2,1H3. The highest BCUT2D eigenvalue weighted by Crippen LogP contribution is 2.35. The van der Waals surface area contributed by atoms with Gasteiger partial charge in [-0.2, -0.15) is 0 Å². The Labute approximate surface area is 195 Å². The first-order valence-electron chi connectivity index (χ1n) is 11.2. The molecule has 174 valence electrons. The lowest BCUT2D eigenvalue weighted by Crippen LogP contribution is -2.36. The van der Waals surface area contributed by atoms with E-state index in [2.05, 4.69) is 25.0 Å². The molecule has 1 saturated heterocycles. The Hall–Kier alpha value is -3.56. The van der Waals surface area contributed by atoms with Crippen LogP contribution in [0.5, 0.6) is 0 Å². The van der Waals surface area contributed by atoms with E-state index in [-0.39, 0.29) is 12.2 Å². The second-order valence-corrected chi connectivity index (χ2v) is 8.38. The van der Waals surface area contributed by atoms with Gasteiger partial charge in [0.2, 0.25) is 0 Å². The molecule has 1 N–H and O–H groups in total. The third kappa shape index (κ3) is 4.08. The van der Waals surface area contributed by atoms with Gasteiger partial charge in [0, 0.05) is 36.1 Å². The molecule has 8 nitrogen and oxygen atoms in total. The van der Waals surface area contributed by atoms with Crippen LogP contribution in [0.1, 0.15) is 23.6 Å². The van der Waals surface area contributed by atoms with Crippen molar-refractivity contribution in [2.75, 3.05) is 37.8 Å². The summed E-state index contributed by atoms with van der Waals surface area (Å²) in [6, 6.07) is 8.02. The predicted molar refractivity (Wildman–Crippen MR) is 128 cm³/mol. The minimum atomic E-state index is -0.874. The molecule has 1 atom stereocenters. The zero-order valence-electron chi connectivity index (χ0n) is 18.7. The van der Waals surface area contributed by atoms with Crippen molar-refractivity contribution in [3.05, 3.63) is 70.3 Å². The van der Waals surface area contributed by atoms with Gasteiger partial charge in [0.05, 0.1) is 42.4 Å². The number of fused-ring (bicyclic) bond motifs is 1. The van der Waals surface area contributed by atoms with Crippen LogP contribution in [0.4, 0.5) is 10.1 Å². The molecule has 5 rings (SSSR count). The highest BCUT2D eigenvalue weighted by Gasteiger charge is 2.26. The van der Waals surface area contributed by atoms with E-state index in [1.165, 1.54) is 12.4 Å². The summed E-state index contributed by atoms with van der Waals surface area (Å²) < 4.78 is 20.6. The number of hydrogen-bond donors (Lipinski definition) is 1. The van der Waals surface area contributed by atoms with Gasteiger partial charge in [-0.25, -0.2) is 14.4 Å². The minimum absolute atomic E-state index is 0.206. The first kappa shape index (κ1) is 22.2. The summed E-state index contributed by atoms with van der Waals surface area (Å²) in [7, 11) is 0. The third-order valence-corrected chi connectivity index (χ3v) is 6.32. The van der Waals surface area contributed by atoms with Gasteiger partial charge in [-0.3, -0.25) is 4.99 Å². The van der Waals surface area contributed by atoms with E-state index >= 15 is 4.39 Å². The average molecular weight is 461 g/mol. The van der Waals surface area contributed by atoms with Crippen LogP contribution in [-0.2, 0) is 4.74 Å². The Balaban J connectivity index is 1.57. The Bertz CT molecular complexity index is 1320. The minimum Gasteiger partial charge on any atom is -0.390 e. The Kier molecular flexibility index (Phi) is 6.12. The Morgan fingerprint density at radius 1 is 1.21 bits per heavy atom. The van der Waals surface area contributed by atoms with Crippen LogP contribution in [0.25, 0.3) is 22.2 Å². The summed E-state index contributed by atoms with van der Waals surface area (Å²) in [4.78, 5) is 27.2. The molecule has 0 spiro atoms. The zero-order valence-corrected chi connectivity index (χ0v) is 18.7. The summed E-state index contributed by atoms with van der Waals surface area (Å²) in [6.45, 7) is 4.49. The van der Waals surface area contributed by atoms with E-state index in [0.717, 1.165) is 18.8 Å². The SMILES string of the molecule is Cc1cc(F)c(-c2ncnc3cc(N4CCOCC4)ccc23)cc1C(N=O)C1=NC(CO)=CC1. The van der Waals surface area contributed by atoms with Crippen molar-refractivity contribution in [1.82, 2.24) is 9.97 Å². The van der Waals surface area contributed by atoms with Crippen LogP contribution in [0.2, 0.25) is 0 Å². The molecule has 2 aliphatic rings. The molecule has 1 aromatic heterocycles. The fourth-order valence-electron chi connectivity index (χ4n) is 4.51. The normalized spacial score (nSPS) is 17.0. The maximum Gasteiger partial charge on any atom is 0.155 e. The summed E-state index contributed by atoms with van der Waals surface area (Å²) in [5.74, 6) is -0.439. The molecule has 34 heavy (non-hydrogen) atoms. The summed E-state index contributed by atoms with van der Waals surface area (Å²) >= 11 is 0. The van der Waals surface area contributed by atoms with Crippen molar-refractivity contribution in [1.29, 1.82) is 0 Å². The maximum atomic E-state index is 15.2. The molecule has 3 heterocycles. The van der Waals surface area contributed by atoms with Crippen LogP contribution in [0, 0.1) is 17.6 Å². The fourth-order valence-corrected chi connectivity index (χ4v) is 4.51. The lowest BCUT2D eigenvalue weighted by Gasteiger charge is -2.29. The number of aliphatic hydroxyl groups excluding tert-OH is 1.